The summed E-state index contributed by atoms with van der Waals surface area (Å²) in [4.78, 5) is 0. The molecular formula is C39H63N5O7S. The third kappa shape index (κ3) is 10.2. The highest BCUT2D eigenvalue weighted by atomic mass is 32.2. The maximum Gasteiger partial charge on any atom is 0.338 e. The summed E-state index contributed by atoms with van der Waals surface area (Å²) in [5.74, 6) is 0. The van der Waals surface area contributed by atoms with Gasteiger partial charge in [-0.1, -0.05) is 50.8 Å². The minimum atomic E-state index is -3.97. The predicted octanol–water partition coefficient (Wildman–Crippen LogP) is 5.24. The van der Waals surface area contributed by atoms with Gasteiger partial charge in [-0.25, -0.2) is 0 Å². The van der Waals surface area contributed by atoms with Gasteiger partial charge >= 0.3 is 10.3 Å². The number of hydrogen-bond acceptors (Lipinski definition) is 10. The van der Waals surface area contributed by atoms with Crippen molar-refractivity contribution >= 4 is 16.0 Å². The Bertz CT molecular complexity index is 1600. The van der Waals surface area contributed by atoms with E-state index in [-0.39, 0.29) is 18.1 Å². The Kier molecular flexibility index (Phi) is 12.8. The van der Waals surface area contributed by atoms with E-state index in [0.717, 1.165) is 95.0 Å². The molecule has 2 aromatic rings. The molecule has 4 atom stereocenters. The van der Waals surface area contributed by atoms with Gasteiger partial charge in [0, 0.05) is 31.0 Å². The SMILES string of the molecule is CCCC(Nc1cc(CNC(O)OCC2(CCCCc3cccc(CNC(C)O)c3C)CCCC2)n2c1CCC2)C1(NS(=O)(=O)OC2(C)CC2)CO1. The number of benzene rings is 1. The summed E-state index contributed by atoms with van der Waals surface area (Å²) in [6.07, 6.45) is 12.4. The minimum Gasteiger partial charge on any atom is -0.379 e. The normalized spacial score (nSPS) is 23.3. The lowest BCUT2D eigenvalue weighted by Crippen LogP contribution is -2.51. The maximum absolute atomic E-state index is 12.9. The molecule has 3 heterocycles. The highest BCUT2D eigenvalue weighted by Gasteiger charge is 2.56. The number of aliphatic hydroxyl groups is 2. The van der Waals surface area contributed by atoms with Crippen molar-refractivity contribution < 1.29 is 32.3 Å². The summed E-state index contributed by atoms with van der Waals surface area (Å²) in [6.45, 7) is 10.7. The number of nitrogens with one attached hydrogen (secondary N) is 4. The molecule has 0 spiro atoms. The first kappa shape index (κ1) is 39.6. The molecule has 3 fully saturated rings. The average molecular weight is 746 g/mol. The third-order valence-electron chi connectivity index (χ3n) is 11.8. The number of unbranched alkanes of at least 4 members (excludes halogenated alkanes) is 1. The van der Waals surface area contributed by atoms with E-state index in [4.69, 9.17) is 13.7 Å². The fourth-order valence-corrected chi connectivity index (χ4v) is 9.73. The van der Waals surface area contributed by atoms with E-state index in [0.29, 0.717) is 19.7 Å². The second-order valence-corrected chi connectivity index (χ2v) is 17.5. The van der Waals surface area contributed by atoms with Gasteiger partial charge in [-0.15, -0.1) is 0 Å². The van der Waals surface area contributed by atoms with Crippen LogP contribution in [-0.2, 0) is 56.4 Å². The zero-order valence-electron chi connectivity index (χ0n) is 31.8. The van der Waals surface area contributed by atoms with E-state index < -0.39 is 34.3 Å². The lowest BCUT2D eigenvalue weighted by atomic mass is 9.81. The van der Waals surface area contributed by atoms with E-state index >= 15 is 0 Å². The molecule has 2 saturated carbocycles. The minimum absolute atomic E-state index is 0.103. The van der Waals surface area contributed by atoms with Crippen LogP contribution in [-0.4, -0.2) is 66.4 Å². The Hall–Kier alpha value is -2.07. The van der Waals surface area contributed by atoms with Crippen molar-refractivity contribution in [2.75, 3.05) is 18.5 Å². The molecule has 6 rings (SSSR count). The molecule has 0 amide bonds. The van der Waals surface area contributed by atoms with Crippen LogP contribution in [0.5, 0.6) is 0 Å². The van der Waals surface area contributed by atoms with Gasteiger partial charge in [-0.3, -0.25) is 14.8 Å². The number of ether oxygens (including phenoxy) is 2. The summed E-state index contributed by atoms with van der Waals surface area (Å²) in [6, 6.07) is 8.31. The fraction of sp³-hybridized carbons (Fsp3) is 0.744. The van der Waals surface area contributed by atoms with Crippen molar-refractivity contribution in [1.29, 1.82) is 0 Å². The van der Waals surface area contributed by atoms with Crippen molar-refractivity contribution in [1.82, 2.24) is 19.9 Å². The van der Waals surface area contributed by atoms with Crippen molar-refractivity contribution in [3.8, 4) is 0 Å². The lowest BCUT2D eigenvalue weighted by Gasteiger charge is -2.30. The Balaban J connectivity index is 0.994. The van der Waals surface area contributed by atoms with Crippen LogP contribution in [0, 0.1) is 12.3 Å². The van der Waals surface area contributed by atoms with Gasteiger partial charge in [-0.2, -0.15) is 13.1 Å². The second kappa shape index (κ2) is 16.7. The molecular weight excluding hydrogens is 683 g/mol. The smallest absolute Gasteiger partial charge is 0.338 e. The van der Waals surface area contributed by atoms with Gasteiger partial charge < -0.3 is 29.6 Å². The number of aryl methyl sites for hydroxylation is 1. The number of hydrogen-bond donors (Lipinski definition) is 6. The van der Waals surface area contributed by atoms with E-state index in [2.05, 4.69) is 63.4 Å². The van der Waals surface area contributed by atoms with Crippen LogP contribution >= 0.6 is 0 Å². The Morgan fingerprint density at radius 3 is 2.48 bits per heavy atom. The number of fused-ring (bicyclic) bond motifs is 1. The first-order chi connectivity index (χ1) is 24.8. The Morgan fingerprint density at radius 2 is 1.79 bits per heavy atom. The summed E-state index contributed by atoms with van der Waals surface area (Å²) >= 11 is 0. The summed E-state index contributed by atoms with van der Waals surface area (Å²) < 4.78 is 48.1. The molecule has 4 aliphatic rings. The van der Waals surface area contributed by atoms with Crippen LogP contribution in [0.15, 0.2) is 24.3 Å². The summed E-state index contributed by atoms with van der Waals surface area (Å²) in [5, 5.41) is 30.5. The summed E-state index contributed by atoms with van der Waals surface area (Å²) in [5.41, 5.74) is 5.59. The van der Waals surface area contributed by atoms with E-state index in [1.165, 1.54) is 35.2 Å². The molecule has 0 bridgehead atoms. The molecule has 292 valence electrons. The van der Waals surface area contributed by atoms with E-state index in [9.17, 15) is 18.6 Å². The molecule has 6 N–H and O–H groups in total. The Labute approximate surface area is 311 Å². The molecule has 0 radical (unpaired) electrons. The zero-order chi connectivity index (χ0) is 37.0. The second-order valence-electron chi connectivity index (χ2n) is 16.2. The number of rotatable bonds is 23. The molecule has 12 nitrogen and oxygen atoms in total. The number of nitrogens with zero attached hydrogens (tertiary/aromatic N) is 1. The molecule has 2 aliphatic heterocycles. The highest BCUT2D eigenvalue weighted by Crippen LogP contribution is 2.44. The predicted molar refractivity (Wildman–Crippen MR) is 201 cm³/mol. The van der Waals surface area contributed by atoms with Gasteiger partial charge in [-0.05, 0) is 113 Å². The van der Waals surface area contributed by atoms with Gasteiger partial charge in [0.1, 0.15) is 6.23 Å². The molecule has 1 aromatic carbocycles. The molecule has 1 saturated heterocycles. The molecule has 13 heteroatoms. The standard InChI is InChI=1S/C39H63N5O7S/c1-5-12-35(39(27-50-39)43-52(47,48)51-37(4)20-21-37)42-33-23-32(44-22-11-16-34(33)44)25-41-36(46)49-26-38(18-8-9-19-38)17-7-6-13-30-14-10-15-31(28(30)2)24-40-29(3)45/h10,14-15,23,29,35-36,40-43,45-46H,5-9,11-13,16-22,24-27H2,1-4H3. The number of epoxide rings is 1. The molecule has 1 aromatic heterocycles. The van der Waals surface area contributed by atoms with Gasteiger partial charge in [0.25, 0.3) is 0 Å². The van der Waals surface area contributed by atoms with Crippen molar-refractivity contribution in [2.24, 2.45) is 5.41 Å². The largest absolute Gasteiger partial charge is 0.379 e. The topological polar surface area (TPSA) is 159 Å². The molecule has 52 heavy (non-hydrogen) atoms. The average Bonchev–Trinajstić information content (AvgIpc) is 3.79. The maximum atomic E-state index is 12.9. The highest BCUT2D eigenvalue weighted by molar-refractivity contribution is 7.84. The first-order valence-electron chi connectivity index (χ1n) is 19.7. The zero-order valence-corrected chi connectivity index (χ0v) is 32.6. The van der Waals surface area contributed by atoms with E-state index in [1.807, 2.05) is 6.92 Å². The molecule has 4 unspecified atom stereocenters. The van der Waals surface area contributed by atoms with E-state index in [1.54, 1.807) is 6.92 Å². The van der Waals surface area contributed by atoms with Crippen LogP contribution < -0.4 is 20.7 Å². The Morgan fingerprint density at radius 1 is 1.04 bits per heavy atom. The number of anilines is 1. The quantitative estimate of drug-likeness (QED) is 0.0505. The molecule has 2 aliphatic carbocycles. The third-order valence-corrected chi connectivity index (χ3v) is 13.0. The fourth-order valence-electron chi connectivity index (χ4n) is 8.30. The summed E-state index contributed by atoms with van der Waals surface area (Å²) in [7, 11) is -3.97. The lowest BCUT2D eigenvalue weighted by molar-refractivity contribution is -0.145. The van der Waals surface area contributed by atoms with Gasteiger partial charge in [0.2, 0.25) is 6.41 Å². The van der Waals surface area contributed by atoms with Crippen LogP contribution in [0.1, 0.15) is 126 Å². The number of aliphatic hydroxyl groups excluding tert-OH is 2. The van der Waals surface area contributed by atoms with Gasteiger partial charge in [0.15, 0.2) is 5.72 Å². The van der Waals surface area contributed by atoms with Crippen LogP contribution in [0.2, 0.25) is 0 Å². The first-order valence-corrected chi connectivity index (χ1v) is 21.1. The van der Waals surface area contributed by atoms with Crippen molar-refractivity contribution in [2.45, 2.75) is 167 Å². The van der Waals surface area contributed by atoms with Crippen molar-refractivity contribution in [3.63, 3.8) is 0 Å². The number of aromatic nitrogens is 1. The van der Waals surface area contributed by atoms with Crippen LogP contribution in [0.25, 0.3) is 0 Å². The monoisotopic (exact) mass is 745 g/mol. The van der Waals surface area contributed by atoms with Gasteiger partial charge in [0.05, 0.1) is 30.5 Å². The van der Waals surface area contributed by atoms with Crippen LogP contribution in [0.4, 0.5) is 5.69 Å². The van der Waals surface area contributed by atoms with Crippen LogP contribution in [0.3, 0.4) is 0 Å². The van der Waals surface area contributed by atoms with Crippen molar-refractivity contribution in [3.05, 3.63) is 52.3 Å².